The number of hydrogen-bond acceptors (Lipinski definition) is 5. The summed E-state index contributed by atoms with van der Waals surface area (Å²) in [7, 11) is -1.64. The van der Waals surface area contributed by atoms with E-state index in [0.717, 1.165) is 19.4 Å². The SMILES string of the molecule is CN1CCCC1CNS(=O)(=O)c1[nH]ncc1CO. The van der Waals surface area contributed by atoms with Crippen molar-refractivity contribution < 1.29 is 13.5 Å². The average Bonchev–Trinajstić information content (AvgIpc) is 2.95. The van der Waals surface area contributed by atoms with E-state index in [1.165, 1.54) is 6.20 Å². The third-order valence-electron chi connectivity index (χ3n) is 3.30. The summed E-state index contributed by atoms with van der Waals surface area (Å²) < 4.78 is 26.6. The van der Waals surface area contributed by atoms with Gasteiger partial charge in [-0.1, -0.05) is 0 Å². The van der Waals surface area contributed by atoms with Crippen LogP contribution in [0.2, 0.25) is 0 Å². The van der Waals surface area contributed by atoms with Crippen LogP contribution in [0, 0.1) is 0 Å². The van der Waals surface area contributed by atoms with Gasteiger partial charge in [-0.05, 0) is 26.4 Å². The Kier molecular flexibility index (Phi) is 4.00. The first-order chi connectivity index (χ1) is 8.54. The lowest BCUT2D eigenvalue weighted by Crippen LogP contribution is -2.38. The van der Waals surface area contributed by atoms with E-state index in [4.69, 9.17) is 5.11 Å². The zero-order chi connectivity index (χ0) is 13.2. The van der Waals surface area contributed by atoms with Gasteiger partial charge < -0.3 is 10.0 Å². The van der Waals surface area contributed by atoms with Crippen LogP contribution in [0.15, 0.2) is 11.2 Å². The quantitative estimate of drug-likeness (QED) is 0.658. The van der Waals surface area contributed by atoms with Crippen molar-refractivity contribution in [3.63, 3.8) is 0 Å². The average molecular weight is 274 g/mol. The fraction of sp³-hybridized carbons (Fsp3) is 0.700. The van der Waals surface area contributed by atoms with Gasteiger partial charge in [0.05, 0.1) is 12.8 Å². The third kappa shape index (κ3) is 2.72. The van der Waals surface area contributed by atoms with Gasteiger partial charge in [0.15, 0.2) is 5.03 Å². The molecule has 8 heteroatoms. The molecular formula is C10H18N4O3S. The number of hydrogen-bond donors (Lipinski definition) is 3. The van der Waals surface area contributed by atoms with Crippen molar-refractivity contribution in [3.8, 4) is 0 Å². The van der Waals surface area contributed by atoms with E-state index in [-0.39, 0.29) is 23.2 Å². The minimum atomic E-state index is -3.63. The second kappa shape index (κ2) is 5.35. The zero-order valence-corrected chi connectivity index (χ0v) is 11.1. The second-order valence-corrected chi connectivity index (χ2v) is 6.21. The van der Waals surface area contributed by atoms with Crippen LogP contribution in [0.1, 0.15) is 18.4 Å². The Morgan fingerprint density at radius 3 is 3.06 bits per heavy atom. The highest BCUT2D eigenvalue weighted by molar-refractivity contribution is 7.89. The predicted octanol–water partition coefficient (Wildman–Crippen LogP) is -0.725. The number of nitrogens with zero attached hydrogens (tertiary/aromatic N) is 2. The summed E-state index contributed by atoms with van der Waals surface area (Å²) in [6, 6.07) is 0.236. The predicted molar refractivity (Wildman–Crippen MR) is 65.4 cm³/mol. The molecule has 0 aliphatic carbocycles. The molecule has 2 heterocycles. The van der Waals surface area contributed by atoms with Crippen LogP contribution in [0.3, 0.4) is 0 Å². The largest absolute Gasteiger partial charge is 0.392 e. The second-order valence-electron chi connectivity index (χ2n) is 4.51. The van der Waals surface area contributed by atoms with Crippen molar-refractivity contribution in [1.82, 2.24) is 19.8 Å². The molecule has 1 unspecified atom stereocenters. The number of likely N-dealkylation sites (tertiary alicyclic amines) is 1. The van der Waals surface area contributed by atoms with E-state index in [0.29, 0.717) is 6.54 Å². The molecule has 1 aliphatic heterocycles. The summed E-state index contributed by atoms with van der Waals surface area (Å²) in [6.07, 6.45) is 3.40. The van der Waals surface area contributed by atoms with Gasteiger partial charge in [-0.2, -0.15) is 5.10 Å². The summed E-state index contributed by atoms with van der Waals surface area (Å²) in [5, 5.41) is 15.0. The number of sulfonamides is 1. The Bertz CT molecular complexity index is 499. The van der Waals surface area contributed by atoms with Gasteiger partial charge >= 0.3 is 0 Å². The van der Waals surface area contributed by atoms with E-state index < -0.39 is 10.0 Å². The van der Waals surface area contributed by atoms with Crippen molar-refractivity contribution in [2.45, 2.75) is 30.5 Å². The molecule has 0 radical (unpaired) electrons. The smallest absolute Gasteiger partial charge is 0.257 e. The van der Waals surface area contributed by atoms with Crippen LogP contribution in [-0.2, 0) is 16.6 Å². The summed E-state index contributed by atoms with van der Waals surface area (Å²) >= 11 is 0. The fourth-order valence-electron chi connectivity index (χ4n) is 2.16. The number of aliphatic hydroxyl groups is 1. The van der Waals surface area contributed by atoms with E-state index in [1.54, 1.807) is 0 Å². The Labute approximate surface area is 106 Å². The number of nitrogens with one attached hydrogen (secondary N) is 2. The molecule has 1 atom stereocenters. The van der Waals surface area contributed by atoms with E-state index in [1.807, 2.05) is 7.05 Å². The van der Waals surface area contributed by atoms with Crippen LogP contribution in [0.4, 0.5) is 0 Å². The van der Waals surface area contributed by atoms with Crippen LogP contribution in [0.25, 0.3) is 0 Å². The van der Waals surface area contributed by atoms with Crippen LogP contribution < -0.4 is 4.72 Å². The summed E-state index contributed by atoms with van der Waals surface area (Å²) in [5.74, 6) is 0. The Hall–Kier alpha value is -0.960. The normalized spacial score (nSPS) is 21.6. The maximum absolute atomic E-state index is 12.0. The monoisotopic (exact) mass is 274 g/mol. The summed E-state index contributed by atoms with van der Waals surface area (Å²) in [5.41, 5.74) is 0.280. The number of aromatic nitrogens is 2. The van der Waals surface area contributed by atoms with Crippen LogP contribution in [-0.4, -0.2) is 54.8 Å². The lowest BCUT2D eigenvalue weighted by atomic mass is 10.2. The number of aromatic amines is 1. The molecular weight excluding hydrogens is 256 g/mol. The molecule has 3 N–H and O–H groups in total. The minimum absolute atomic E-state index is 0.0503. The highest BCUT2D eigenvalue weighted by atomic mass is 32.2. The number of likely N-dealkylation sites (N-methyl/N-ethyl adjacent to an activating group) is 1. The van der Waals surface area contributed by atoms with Crippen LogP contribution in [0.5, 0.6) is 0 Å². The van der Waals surface area contributed by atoms with E-state index in [2.05, 4.69) is 19.8 Å². The summed E-state index contributed by atoms with van der Waals surface area (Å²) in [4.78, 5) is 2.14. The van der Waals surface area contributed by atoms with Gasteiger partial charge in [0, 0.05) is 18.2 Å². The molecule has 1 saturated heterocycles. The molecule has 1 aromatic rings. The zero-order valence-electron chi connectivity index (χ0n) is 10.3. The van der Waals surface area contributed by atoms with Gasteiger partial charge in [-0.25, -0.2) is 13.1 Å². The maximum Gasteiger partial charge on any atom is 0.257 e. The standard InChI is InChI=1S/C10H18N4O3S/c1-14-4-2-3-9(14)6-12-18(16,17)10-8(7-15)5-11-13-10/h5,9,12,15H,2-4,6-7H2,1H3,(H,11,13). The minimum Gasteiger partial charge on any atom is -0.392 e. The van der Waals surface area contributed by atoms with Gasteiger partial charge in [-0.15, -0.1) is 0 Å². The molecule has 1 fully saturated rings. The van der Waals surface area contributed by atoms with Gasteiger partial charge in [0.2, 0.25) is 0 Å². The first-order valence-electron chi connectivity index (χ1n) is 5.87. The molecule has 0 amide bonds. The molecule has 0 spiro atoms. The van der Waals surface area contributed by atoms with Gasteiger partial charge in [0.25, 0.3) is 10.0 Å². The molecule has 7 nitrogen and oxygen atoms in total. The van der Waals surface area contributed by atoms with Crippen molar-refractivity contribution in [2.75, 3.05) is 20.1 Å². The maximum atomic E-state index is 12.0. The Balaban J connectivity index is 2.03. The molecule has 0 aromatic carbocycles. The molecule has 0 saturated carbocycles. The van der Waals surface area contributed by atoms with Crippen molar-refractivity contribution >= 4 is 10.0 Å². The Morgan fingerprint density at radius 2 is 2.44 bits per heavy atom. The molecule has 1 aliphatic rings. The van der Waals surface area contributed by atoms with Gasteiger partial charge in [-0.3, -0.25) is 5.10 Å². The highest BCUT2D eigenvalue weighted by Crippen LogP contribution is 2.16. The first kappa shape index (κ1) is 13.5. The van der Waals surface area contributed by atoms with Crippen molar-refractivity contribution in [1.29, 1.82) is 0 Å². The third-order valence-corrected chi connectivity index (χ3v) is 4.74. The lowest BCUT2D eigenvalue weighted by Gasteiger charge is -2.19. The number of H-pyrrole nitrogens is 1. The van der Waals surface area contributed by atoms with E-state index >= 15 is 0 Å². The topological polar surface area (TPSA) is 98.3 Å². The number of rotatable bonds is 5. The fourth-order valence-corrected chi connectivity index (χ4v) is 3.35. The van der Waals surface area contributed by atoms with Gasteiger partial charge in [0.1, 0.15) is 0 Å². The Morgan fingerprint density at radius 1 is 1.67 bits per heavy atom. The molecule has 2 rings (SSSR count). The van der Waals surface area contributed by atoms with E-state index in [9.17, 15) is 8.42 Å². The first-order valence-corrected chi connectivity index (χ1v) is 7.36. The van der Waals surface area contributed by atoms with Crippen LogP contribution >= 0.6 is 0 Å². The number of aliphatic hydroxyl groups excluding tert-OH is 1. The molecule has 1 aromatic heterocycles. The lowest BCUT2D eigenvalue weighted by molar-refractivity contribution is 0.278. The highest BCUT2D eigenvalue weighted by Gasteiger charge is 2.25. The van der Waals surface area contributed by atoms with Crippen molar-refractivity contribution in [2.24, 2.45) is 0 Å². The molecule has 102 valence electrons. The summed E-state index contributed by atoms with van der Waals surface area (Å²) in [6.45, 7) is 1.02. The molecule has 18 heavy (non-hydrogen) atoms. The van der Waals surface area contributed by atoms with Crippen molar-refractivity contribution in [3.05, 3.63) is 11.8 Å². The molecule has 0 bridgehead atoms.